The van der Waals surface area contributed by atoms with Crippen molar-refractivity contribution in [1.82, 2.24) is 18.9 Å². The van der Waals surface area contributed by atoms with E-state index in [1.165, 1.54) is 4.57 Å². The molecule has 1 aromatic heterocycles. The van der Waals surface area contributed by atoms with E-state index in [0.29, 0.717) is 18.7 Å². The molecule has 2 aliphatic rings. The summed E-state index contributed by atoms with van der Waals surface area (Å²) in [6.45, 7) is 1.15. The van der Waals surface area contributed by atoms with Crippen molar-refractivity contribution >= 4 is 45.9 Å². The molecule has 2 aromatic rings. The Kier molecular flexibility index (Phi) is 5.08. The largest absolute Gasteiger partial charge is 0.341 e. The Bertz CT molecular complexity index is 1110. The molecule has 0 spiro atoms. The Hall–Kier alpha value is -2.81. The first kappa shape index (κ1) is 19.5. The van der Waals surface area contributed by atoms with Gasteiger partial charge in [-0.15, -0.1) is 0 Å². The molecule has 0 N–H and O–H groups in total. The van der Waals surface area contributed by atoms with Gasteiger partial charge >= 0.3 is 5.69 Å². The van der Waals surface area contributed by atoms with Crippen LogP contribution in [0.3, 0.4) is 0 Å². The van der Waals surface area contributed by atoms with Gasteiger partial charge < -0.3 is 4.90 Å². The number of carbonyl (C=O) groups is 3. The van der Waals surface area contributed by atoms with E-state index in [0.717, 1.165) is 47.0 Å². The van der Waals surface area contributed by atoms with Gasteiger partial charge in [0.25, 0.3) is 11.1 Å². The highest BCUT2D eigenvalue weighted by atomic mass is 32.2. The predicted octanol–water partition coefficient (Wildman–Crippen LogP) is 1.93. The third-order valence-corrected chi connectivity index (χ3v) is 6.38. The first-order valence-electron chi connectivity index (χ1n) is 9.55. The van der Waals surface area contributed by atoms with Crippen LogP contribution >= 0.6 is 11.8 Å². The Morgan fingerprint density at radius 2 is 1.72 bits per heavy atom. The van der Waals surface area contributed by atoms with Crippen LogP contribution in [0.1, 0.15) is 24.8 Å². The van der Waals surface area contributed by atoms with Gasteiger partial charge in [0.1, 0.15) is 6.54 Å². The third-order valence-electron chi connectivity index (χ3n) is 5.47. The van der Waals surface area contributed by atoms with Crippen LogP contribution in [0.5, 0.6) is 0 Å². The molecule has 0 aliphatic carbocycles. The Morgan fingerprint density at radius 1 is 1.03 bits per heavy atom. The number of piperidine rings is 1. The average Bonchev–Trinajstić information content (AvgIpc) is 3.11. The molecule has 0 atom stereocenters. The van der Waals surface area contributed by atoms with Crippen LogP contribution in [-0.4, -0.2) is 55.6 Å². The van der Waals surface area contributed by atoms with Crippen LogP contribution < -0.4 is 5.69 Å². The second-order valence-electron chi connectivity index (χ2n) is 7.36. The summed E-state index contributed by atoms with van der Waals surface area (Å²) in [6.07, 6.45) is 4.65. The van der Waals surface area contributed by atoms with Crippen molar-refractivity contribution < 1.29 is 14.4 Å². The molecule has 4 rings (SSSR count). The number of aryl methyl sites for hydroxylation is 2. The summed E-state index contributed by atoms with van der Waals surface area (Å²) in [5.74, 6) is -0.638. The lowest BCUT2D eigenvalue weighted by Gasteiger charge is -2.27. The van der Waals surface area contributed by atoms with Crippen molar-refractivity contribution in [3.8, 4) is 0 Å². The fraction of sp³-hybridized carbons (Fsp3) is 0.400. The van der Waals surface area contributed by atoms with Crippen LogP contribution in [0.15, 0.2) is 27.9 Å². The minimum atomic E-state index is -0.451. The monoisotopic (exact) mass is 414 g/mol. The number of rotatable bonds is 3. The molecule has 3 amide bonds. The number of aromatic nitrogens is 2. The van der Waals surface area contributed by atoms with Gasteiger partial charge in [-0.05, 0) is 54.8 Å². The summed E-state index contributed by atoms with van der Waals surface area (Å²) < 4.78 is 3.09. The minimum absolute atomic E-state index is 0.131. The molecule has 152 valence electrons. The number of hydrogen-bond acceptors (Lipinski definition) is 5. The Labute approximate surface area is 171 Å². The Morgan fingerprint density at radius 3 is 2.45 bits per heavy atom. The molecule has 29 heavy (non-hydrogen) atoms. The maximum Gasteiger partial charge on any atom is 0.328 e. The van der Waals surface area contributed by atoms with Gasteiger partial charge in [-0.1, -0.05) is 6.07 Å². The summed E-state index contributed by atoms with van der Waals surface area (Å²) in [6, 6.07) is 5.42. The number of nitrogens with zero attached hydrogens (tertiary/aromatic N) is 4. The summed E-state index contributed by atoms with van der Waals surface area (Å²) in [7, 11) is 3.39. The highest BCUT2D eigenvalue weighted by Gasteiger charge is 2.37. The first-order valence-corrected chi connectivity index (χ1v) is 10.4. The van der Waals surface area contributed by atoms with E-state index in [2.05, 4.69) is 0 Å². The van der Waals surface area contributed by atoms with Crippen molar-refractivity contribution in [1.29, 1.82) is 0 Å². The van der Waals surface area contributed by atoms with Crippen molar-refractivity contribution in [2.24, 2.45) is 14.1 Å². The number of thioether (sulfide) groups is 1. The molecule has 8 nitrogen and oxygen atoms in total. The summed E-state index contributed by atoms with van der Waals surface area (Å²) in [5.41, 5.74) is 2.11. The van der Waals surface area contributed by atoms with Crippen LogP contribution in [0.25, 0.3) is 17.1 Å². The van der Waals surface area contributed by atoms with Gasteiger partial charge in [0, 0.05) is 27.2 Å². The molecule has 2 aliphatic heterocycles. The van der Waals surface area contributed by atoms with E-state index in [1.54, 1.807) is 35.7 Å². The number of hydrogen-bond donors (Lipinski definition) is 0. The van der Waals surface area contributed by atoms with E-state index in [4.69, 9.17) is 0 Å². The zero-order valence-corrected chi connectivity index (χ0v) is 17.2. The van der Waals surface area contributed by atoms with Crippen molar-refractivity contribution in [2.45, 2.75) is 19.3 Å². The number of fused-ring (bicyclic) bond motifs is 1. The molecule has 2 saturated heterocycles. The minimum Gasteiger partial charge on any atom is -0.341 e. The van der Waals surface area contributed by atoms with Crippen LogP contribution in [0.2, 0.25) is 0 Å². The fourth-order valence-electron chi connectivity index (χ4n) is 3.78. The first-order chi connectivity index (χ1) is 13.9. The van der Waals surface area contributed by atoms with Crippen LogP contribution in [-0.2, 0) is 23.7 Å². The smallest absolute Gasteiger partial charge is 0.328 e. The molecule has 0 bridgehead atoms. The highest BCUT2D eigenvalue weighted by Crippen LogP contribution is 2.32. The molecule has 9 heteroatoms. The summed E-state index contributed by atoms with van der Waals surface area (Å²) in [4.78, 5) is 52.6. The van der Waals surface area contributed by atoms with Gasteiger partial charge in [0.05, 0.1) is 15.9 Å². The average molecular weight is 414 g/mol. The van der Waals surface area contributed by atoms with Crippen LogP contribution in [0, 0.1) is 0 Å². The molecule has 0 radical (unpaired) electrons. The molecule has 0 saturated carbocycles. The molecule has 1 aromatic carbocycles. The molecular weight excluding hydrogens is 392 g/mol. The second-order valence-corrected chi connectivity index (χ2v) is 8.35. The van der Waals surface area contributed by atoms with E-state index in [9.17, 15) is 19.2 Å². The molecule has 2 fully saturated rings. The quantitative estimate of drug-likeness (QED) is 0.717. The van der Waals surface area contributed by atoms with E-state index >= 15 is 0 Å². The van der Waals surface area contributed by atoms with Gasteiger partial charge in [-0.3, -0.25) is 28.4 Å². The van der Waals surface area contributed by atoms with E-state index in [1.807, 2.05) is 12.1 Å². The number of amides is 3. The van der Waals surface area contributed by atoms with E-state index in [-0.39, 0.29) is 23.0 Å². The Balaban J connectivity index is 1.56. The number of benzene rings is 1. The van der Waals surface area contributed by atoms with Gasteiger partial charge in [0.2, 0.25) is 5.91 Å². The zero-order valence-electron chi connectivity index (χ0n) is 16.4. The SMILES string of the molecule is Cn1c(=O)n(C)c2cc(/C=C3/SC(=O)N(CC(=O)N4CCCCC4)C3=O)ccc21. The topological polar surface area (TPSA) is 84.6 Å². The second kappa shape index (κ2) is 7.55. The fourth-order valence-corrected chi connectivity index (χ4v) is 4.62. The maximum atomic E-state index is 12.7. The summed E-state index contributed by atoms with van der Waals surface area (Å²) >= 11 is 0.837. The third kappa shape index (κ3) is 3.50. The van der Waals surface area contributed by atoms with Gasteiger partial charge in [-0.2, -0.15) is 0 Å². The number of carbonyl (C=O) groups excluding carboxylic acids is 3. The van der Waals surface area contributed by atoms with Gasteiger partial charge in [-0.25, -0.2) is 4.79 Å². The number of imide groups is 1. The highest BCUT2D eigenvalue weighted by molar-refractivity contribution is 8.18. The number of likely N-dealkylation sites (tertiary alicyclic amines) is 1. The normalized spacial score (nSPS) is 19.0. The van der Waals surface area contributed by atoms with Gasteiger partial charge in [0.15, 0.2) is 0 Å². The number of imidazole rings is 1. The summed E-state index contributed by atoms with van der Waals surface area (Å²) in [5, 5.41) is -0.431. The zero-order chi connectivity index (χ0) is 20.7. The lowest BCUT2D eigenvalue weighted by molar-refractivity contribution is -0.136. The standard InChI is InChI=1S/C20H22N4O4S/c1-21-14-7-6-13(10-15(14)22(2)19(21)27)11-16-18(26)24(20(28)29-16)12-17(25)23-8-4-3-5-9-23/h6-7,10-11H,3-5,8-9,12H2,1-2H3/b16-11+. The predicted molar refractivity (Wildman–Crippen MR) is 111 cm³/mol. The van der Waals surface area contributed by atoms with Crippen molar-refractivity contribution in [2.75, 3.05) is 19.6 Å². The van der Waals surface area contributed by atoms with Crippen LogP contribution in [0.4, 0.5) is 4.79 Å². The van der Waals surface area contributed by atoms with Crippen molar-refractivity contribution in [3.05, 3.63) is 39.2 Å². The maximum absolute atomic E-state index is 12.7. The molecular formula is C20H22N4O4S. The molecule has 0 unspecified atom stereocenters. The van der Waals surface area contributed by atoms with Crippen molar-refractivity contribution in [3.63, 3.8) is 0 Å². The molecule has 3 heterocycles. The lowest BCUT2D eigenvalue weighted by Crippen LogP contribution is -2.44. The van der Waals surface area contributed by atoms with E-state index < -0.39 is 11.1 Å². The lowest BCUT2D eigenvalue weighted by atomic mass is 10.1.